The van der Waals surface area contributed by atoms with Crippen LogP contribution in [0.5, 0.6) is 0 Å². The normalized spacial score (nSPS) is 15.3. The van der Waals surface area contributed by atoms with Gasteiger partial charge in [0.15, 0.2) is 0 Å². The van der Waals surface area contributed by atoms with E-state index in [1.807, 2.05) is 24.1 Å². The third kappa shape index (κ3) is 3.42. The highest BCUT2D eigenvalue weighted by atomic mass is 32.1. The number of aryl methyl sites for hydroxylation is 1. The third-order valence-electron chi connectivity index (χ3n) is 5.03. The first-order valence-corrected chi connectivity index (χ1v) is 9.84. The summed E-state index contributed by atoms with van der Waals surface area (Å²) >= 11 is 1.43. The summed E-state index contributed by atoms with van der Waals surface area (Å²) in [6.45, 7) is 4.30. The highest BCUT2D eigenvalue weighted by Crippen LogP contribution is 2.29. The summed E-state index contributed by atoms with van der Waals surface area (Å²) in [5, 5.41) is 0. The molecule has 26 heavy (non-hydrogen) atoms. The number of carbonyl (C=O) groups is 1. The predicted molar refractivity (Wildman–Crippen MR) is 103 cm³/mol. The largest absolute Gasteiger partial charge is 0.338 e. The third-order valence-corrected chi connectivity index (χ3v) is 5.95. The summed E-state index contributed by atoms with van der Waals surface area (Å²) in [7, 11) is 0. The molecule has 0 radical (unpaired) electrons. The zero-order valence-electron chi connectivity index (χ0n) is 14.8. The highest BCUT2D eigenvalue weighted by Gasteiger charge is 2.28. The van der Waals surface area contributed by atoms with Gasteiger partial charge >= 0.3 is 0 Å². The van der Waals surface area contributed by atoms with Gasteiger partial charge in [-0.25, -0.2) is 9.97 Å². The van der Waals surface area contributed by atoms with E-state index in [0.29, 0.717) is 5.92 Å². The molecule has 4 rings (SSSR count). The van der Waals surface area contributed by atoms with Gasteiger partial charge in [-0.1, -0.05) is 30.3 Å². The molecule has 3 heterocycles. The maximum Gasteiger partial charge on any atom is 0.265 e. The van der Waals surface area contributed by atoms with Gasteiger partial charge in [0.2, 0.25) is 0 Å². The number of benzene rings is 1. The lowest BCUT2D eigenvalue weighted by molar-refractivity contribution is 0.0714. The minimum absolute atomic E-state index is 0.121. The number of thiazole rings is 1. The number of imidazole rings is 1. The van der Waals surface area contributed by atoms with Crippen LogP contribution in [0.15, 0.2) is 48.2 Å². The molecule has 1 aliphatic heterocycles. The van der Waals surface area contributed by atoms with E-state index in [9.17, 15) is 4.79 Å². The molecule has 0 N–H and O–H groups in total. The summed E-state index contributed by atoms with van der Waals surface area (Å²) in [6, 6.07) is 10.5. The average molecular weight is 366 g/mol. The van der Waals surface area contributed by atoms with E-state index in [0.717, 1.165) is 48.9 Å². The molecule has 5 nitrogen and oxygen atoms in total. The zero-order valence-corrected chi connectivity index (χ0v) is 15.7. The van der Waals surface area contributed by atoms with Crippen LogP contribution >= 0.6 is 11.3 Å². The number of hydrogen-bond donors (Lipinski definition) is 0. The topological polar surface area (TPSA) is 51.0 Å². The van der Waals surface area contributed by atoms with Gasteiger partial charge in [-0.2, -0.15) is 0 Å². The number of nitrogens with zero attached hydrogens (tertiary/aromatic N) is 4. The summed E-state index contributed by atoms with van der Waals surface area (Å²) in [6.07, 6.45) is 5.85. The first-order chi connectivity index (χ1) is 12.7. The fourth-order valence-electron chi connectivity index (χ4n) is 3.59. The van der Waals surface area contributed by atoms with Crippen LogP contribution in [0.2, 0.25) is 0 Å². The van der Waals surface area contributed by atoms with Crippen LogP contribution in [-0.2, 0) is 6.54 Å². The molecule has 2 aromatic heterocycles. The zero-order chi connectivity index (χ0) is 17.9. The summed E-state index contributed by atoms with van der Waals surface area (Å²) in [4.78, 5) is 24.2. The molecule has 1 amide bonds. The van der Waals surface area contributed by atoms with E-state index in [2.05, 4.69) is 45.0 Å². The van der Waals surface area contributed by atoms with E-state index >= 15 is 0 Å². The lowest BCUT2D eigenvalue weighted by Crippen LogP contribution is -2.38. The van der Waals surface area contributed by atoms with Crippen molar-refractivity contribution >= 4 is 17.2 Å². The Balaban J connectivity index is 1.42. The van der Waals surface area contributed by atoms with Crippen molar-refractivity contribution in [2.24, 2.45) is 0 Å². The first-order valence-electron chi connectivity index (χ1n) is 8.96. The molecule has 0 saturated carbocycles. The molecule has 0 aliphatic carbocycles. The SMILES string of the molecule is Cc1ncsc1C(=O)N1CCC(c2nccn2Cc2ccccc2)CC1. The molecule has 134 valence electrons. The maximum atomic E-state index is 12.7. The van der Waals surface area contributed by atoms with E-state index in [-0.39, 0.29) is 5.91 Å². The Morgan fingerprint density at radius 1 is 1.19 bits per heavy atom. The lowest BCUT2D eigenvalue weighted by Gasteiger charge is -2.31. The maximum absolute atomic E-state index is 12.7. The molecule has 0 atom stereocenters. The van der Waals surface area contributed by atoms with Crippen LogP contribution in [0.1, 0.15) is 45.5 Å². The quantitative estimate of drug-likeness (QED) is 0.707. The van der Waals surface area contributed by atoms with Crippen molar-refractivity contribution in [2.75, 3.05) is 13.1 Å². The summed E-state index contributed by atoms with van der Waals surface area (Å²) in [5.74, 6) is 1.66. The number of likely N-dealkylation sites (tertiary alicyclic amines) is 1. The standard InChI is InChI=1S/C20H22N4OS/c1-15-18(26-14-22-15)20(25)23-10-7-17(8-11-23)19-21-9-12-24(19)13-16-5-3-2-4-6-16/h2-6,9,12,14,17H,7-8,10-11,13H2,1H3. The molecule has 1 aliphatic rings. The second-order valence-electron chi connectivity index (χ2n) is 6.73. The predicted octanol–water partition coefficient (Wildman–Crippen LogP) is 3.72. The minimum atomic E-state index is 0.121. The number of amides is 1. The van der Waals surface area contributed by atoms with Gasteiger partial charge in [0.1, 0.15) is 10.7 Å². The molecule has 0 spiro atoms. The molecular formula is C20H22N4OS. The molecule has 1 fully saturated rings. The Labute approximate surface area is 157 Å². The first kappa shape index (κ1) is 17.0. The van der Waals surface area contributed by atoms with Crippen molar-refractivity contribution in [1.82, 2.24) is 19.4 Å². The van der Waals surface area contributed by atoms with Gasteiger partial charge in [0.05, 0.1) is 11.2 Å². The molecule has 3 aromatic rings. The second kappa shape index (κ2) is 7.41. The molecule has 0 unspecified atom stereocenters. The van der Waals surface area contributed by atoms with E-state index in [4.69, 9.17) is 0 Å². The van der Waals surface area contributed by atoms with Crippen molar-refractivity contribution < 1.29 is 4.79 Å². The molecule has 6 heteroatoms. The van der Waals surface area contributed by atoms with Crippen LogP contribution in [0, 0.1) is 6.92 Å². The Kier molecular flexibility index (Phi) is 4.84. The Morgan fingerprint density at radius 3 is 2.65 bits per heavy atom. The van der Waals surface area contributed by atoms with Crippen molar-refractivity contribution in [3.63, 3.8) is 0 Å². The van der Waals surface area contributed by atoms with Gasteiger partial charge in [0.25, 0.3) is 5.91 Å². The molecular weight excluding hydrogens is 344 g/mol. The van der Waals surface area contributed by atoms with Crippen LogP contribution < -0.4 is 0 Å². The Morgan fingerprint density at radius 2 is 1.96 bits per heavy atom. The molecule has 0 bridgehead atoms. The number of rotatable bonds is 4. The Bertz CT molecular complexity index is 878. The van der Waals surface area contributed by atoms with Crippen LogP contribution in [0.3, 0.4) is 0 Å². The van der Waals surface area contributed by atoms with Crippen molar-refractivity contribution in [3.8, 4) is 0 Å². The molecule has 1 saturated heterocycles. The van der Waals surface area contributed by atoms with E-state index in [1.54, 1.807) is 5.51 Å². The smallest absolute Gasteiger partial charge is 0.265 e. The number of piperidine rings is 1. The van der Waals surface area contributed by atoms with Gasteiger partial charge in [0, 0.05) is 37.9 Å². The van der Waals surface area contributed by atoms with Gasteiger partial charge in [-0.05, 0) is 25.3 Å². The van der Waals surface area contributed by atoms with Crippen LogP contribution in [-0.4, -0.2) is 38.4 Å². The van der Waals surface area contributed by atoms with Crippen molar-refractivity contribution in [3.05, 3.63) is 70.2 Å². The van der Waals surface area contributed by atoms with Crippen molar-refractivity contribution in [1.29, 1.82) is 0 Å². The minimum Gasteiger partial charge on any atom is -0.338 e. The van der Waals surface area contributed by atoms with E-state index in [1.165, 1.54) is 16.9 Å². The van der Waals surface area contributed by atoms with Gasteiger partial charge in [-0.3, -0.25) is 4.79 Å². The van der Waals surface area contributed by atoms with E-state index < -0.39 is 0 Å². The Hall–Kier alpha value is -2.47. The summed E-state index contributed by atoms with van der Waals surface area (Å²) < 4.78 is 2.24. The number of aromatic nitrogens is 3. The number of carbonyl (C=O) groups excluding carboxylic acids is 1. The van der Waals surface area contributed by atoms with Gasteiger partial charge < -0.3 is 9.47 Å². The fourth-order valence-corrected chi connectivity index (χ4v) is 4.36. The van der Waals surface area contributed by atoms with Crippen LogP contribution in [0.25, 0.3) is 0 Å². The number of hydrogen-bond acceptors (Lipinski definition) is 4. The van der Waals surface area contributed by atoms with Crippen LogP contribution in [0.4, 0.5) is 0 Å². The van der Waals surface area contributed by atoms with Gasteiger partial charge in [-0.15, -0.1) is 11.3 Å². The second-order valence-corrected chi connectivity index (χ2v) is 7.59. The van der Waals surface area contributed by atoms with Crippen molar-refractivity contribution in [2.45, 2.75) is 32.2 Å². The fraction of sp³-hybridized carbons (Fsp3) is 0.350. The highest BCUT2D eigenvalue weighted by molar-refractivity contribution is 7.11. The summed E-state index contributed by atoms with van der Waals surface area (Å²) in [5.41, 5.74) is 3.86. The lowest BCUT2D eigenvalue weighted by atomic mass is 9.95. The molecule has 1 aromatic carbocycles. The monoisotopic (exact) mass is 366 g/mol. The average Bonchev–Trinajstić information content (AvgIpc) is 3.31.